The Kier molecular flexibility index (Phi) is 4.72. The van der Waals surface area contributed by atoms with Crippen LogP contribution in [0.25, 0.3) is 11.3 Å². The van der Waals surface area contributed by atoms with Gasteiger partial charge in [0.05, 0.1) is 19.3 Å². The summed E-state index contributed by atoms with van der Waals surface area (Å²) < 4.78 is 5.29. The van der Waals surface area contributed by atoms with E-state index in [2.05, 4.69) is 16.3 Å². The standard InChI is InChI=1S/C19H23N3O2S/c1-24-16-4-2-3-15(11-16)17-13-25-18(20-17)12-21-7-9-22(10-8-21)19(23)14-5-6-14/h2-4,11,13-14H,5-10,12H2,1H3. The van der Waals surface area contributed by atoms with Gasteiger partial charge >= 0.3 is 0 Å². The van der Waals surface area contributed by atoms with Crippen LogP contribution in [0.1, 0.15) is 17.8 Å². The van der Waals surface area contributed by atoms with Gasteiger partial charge in [0.15, 0.2) is 0 Å². The van der Waals surface area contributed by atoms with Crippen molar-refractivity contribution < 1.29 is 9.53 Å². The zero-order valence-corrected chi connectivity index (χ0v) is 15.3. The van der Waals surface area contributed by atoms with Gasteiger partial charge in [0.25, 0.3) is 0 Å². The second-order valence-corrected chi connectivity index (χ2v) is 7.68. The van der Waals surface area contributed by atoms with Crippen LogP contribution in [0.5, 0.6) is 5.75 Å². The van der Waals surface area contributed by atoms with Crippen LogP contribution in [-0.2, 0) is 11.3 Å². The molecule has 1 saturated carbocycles. The van der Waals surface area contributed by atoms with E-state index in [1.807, 2.05) is 23.1 Å². The summed E-state index contributed by atoms with van der Waals surface area (Å²) in [6.45, 7) is 4.44. The van der Waals surface area contributed by atoms with Crippen LogP contribution in [0, 0.1) is 5.92 Å². The van der Waals surface area contributed by atoms with E-state index in [0.29, 0.717) is 11.8 Å². The summed E-state index contributed by atoms with van der Waals surface area (Å²) in [6, 6.07) is 8.01. The van der Waals surface area contributed by atoms with Gasteiger partial charge in [-0.3, -0.25) is 9.69 Å². The molecule has 1 aromatic carbocycles. The number of thiazole rings is 1. The quantitative estimate of drug-likeness (QED) is 0.825. The Labute approximate surface area is 152 Å². The molecule has 1 amide bonds. The lowest BCUT2D eigenvalue weighted by Gasteiger charge is -2.34. The van der Waals surface area contributed by atoms with E-state index in [4.69, 9.17) is 9.72 Å². The number of carbonyl (C=O) groups excluding carboxylic acids is 1. The Bertz CT molecular complexity index is 749. The smallest absolute Gasteiger partial charge is 0.225 e. The molecule has 2 aromatic rings. The van der Waals surface area contributed by atoms with Gasteiger partial charge < -0.3 is 9.64 Å². The molecule has 5 nitrogen and oxygen atoms in total. The molecule has 2 aliphatic rings. The monoisotopic (exact) mass is 357 g/mol. The van der Waals surface area contributed by atoms with Crippen LogP contribution in [0.3, 0.4) is 0 Å². The SMILES string of the molecule is COc1cccc(-c2csc(CN3CCN(C(=O)C4CC4)CC3)n2)c1. The summed E-state index contributed by atoms with van der Waals surface area (Å²) in [7, 11) is 1.68. The van der Waals surface area contributed by atoms with Crippen LogP contribution >= 0.6 is 11.3 Å². The zero-order chi connectivity index (χ0) is 17.2. The van der Waals surface area contributed by atoms with Gasteiger partial charge in [-0.2, -0.15) is 0 Å². The van der Waals surface area contributed by atoms with Crippen molar-refractivity contribution in [2.75, 3.05) is 33.3 Å². The van der Waals surface area contributed by atoms with E-state index >= 15 is 0 Å². The topological polar surface area (TPSA) is 45.7 Å². The highest BCUT2D eigenvalue weighted by Gasteiger charge is 2.34. The average molecular weight is 357 g/mol. The second-order valence-electron chi connectivity index (χ2n) is 6.73. The number of nitrogens with zero attached hydrogens (tertiary/aromatic N) is 3. The molecular formula is C19H23N3O2S. The van der Waals surface area contributed by atoms with E-state index in [9.17, 15) is 4.79 Å². The summed E-state index contributed by atoms with van der Waals surface area (Å²) in [5.41, 5.74) is 2.09. The summed E-state index contributed by atoms with van der Waals surface area (Å²) in [4.78, 5) is 21.3. The molecule has 0 radical (unpaired) electrons. The first-order valence-corrected chi connectivity index (χ1v) is 9.71. The second kappa shape index (κ2) is 7.14. The minimum atomic E-state index is 0.330. The van der Waals surface area contributed by atoms with Crippen LogP contribution in [0.4, 0.5) is 0 Å². The minimum absolute atomic E-state index is 0.330. The molecule has 6 heteroatoms. The van der Waals surface area contributed by atoms with Gasteiger partial charge in [0, 0.05) is 43.0 Å². The predicted octanol–water partition coefficient (Wildman–Crippen LogP) is 2.87. The molecule has 0 N–H and O–H groups in total. The highest BCUT2D eigenvalue weighted by Crippen LogP contribution is 2.31. The first-order chi connectivity index (χ1) is 12.2. The number of benzene rings is 1. The molecule has 1 aliphatic heterocycles. The lowest BCUT2D eigenvalue weighted by molar-refractivity contribution is -0.134. The maximum absolute atomic E-state index is 12.1. The highest BCUT2D eigenvalue weighted by atomic mass is 32.1. The number of carbonyl (C=O) groups is 1. The summed E-state index contributed by atoms with van der Waals surface area (Å²) >= 11 is 1.70. The molecule has 0 bridgehead atoms. The van der Waals surface area contributed by atoms with Crippen LogP contribution < -0.4 is 4.74 Å². The van der Waals surface area contributed by atoms with Crippen molar-refractivity contribution in [1.29, 1.82) is 0 Å². The van der Waals surface area contributed by atoms with E-state index in [0.717, 1.165) is 67.6 Å². The van der Waals surface area contributed by atoms with Gasteiger partial charge in [-0.1, -0.05) is 12.1 Å². The molecular weight excluding hydrogens is 334 g/mol. The maximum atomic E-state index is 12.1. The Balaban J connectivity index is 1.34. The summed E-state index contributed by atoms with van der Waals surface area (Å²) in [5, 5.41) is 3.23. The number of hydrogen-bond acceptors (Lipinski definition) is 5. The van der Waals surface area contributed by atoms with Gasteiger partial charge in [-0.05, 0) is 25.0 Å². The molecule has 2 heterocycles. The molecule has 1 aromatic heterocycles. The van der Waals surface area contributed by atoms with Crippen molar-refractivity contribution in [3.63, 3.8) is 0 Å². The maximum Gasteiger partial charge on any atom is 0.225 e. The van der Waals surface area contributed by atoms with Crippen molar-refractivity contribution in [3.05, 3.63) is 34.7 Å². The van der Waals surface area contributed by atoms with Crippen LogP contribution in [-0.4, -0.2) is 54.0 Å². The third-order valence-electron chi connectivity index (χ3n) is 4.89. The molecule has 1 aliphatic carbocycles. The van der Waals surface area contributed by atoms with Crippen molar-refractivity contribution in [3.8, 4) is 17.0 Å². The van der Waals surface area contributed by atoms with Gasteiger partial charge in [0.2, 0.25) is 5.91 Å². The van der Waals surface area contributed by atoms with Crippen molar-refractivity contribution in [2.45, 2.75) is 19.4 Å². The van der Waals surface area contributed by atoms with Gasteiger partial charge in [-0.15, -0.1) is 11.3 Å². The number of aromatic nitrogens is 1. The number of methoxy groups -OCH3 is 1. The molecule has 1 saturated heterocycles. The molecule has 0 unspecified atom stereocenters. The van der Waals surface area contributed by atoms with E-state index in [-0.39, 0.29) is 0 Å². The molecule has 4 rings (SSSR count). The molecule has 132 valence electrons. The Morgan fingerprint density at radius 1 is 1.28 bits per heavy atom. The Morgan fingerprint density at radius 3 is 2.80 bits per heavy atom. The van der Waals surface area contributed by atoms with Crippen LogP contribution in [0.15, 0.2) is 29.6 Å². The fourth-order valence-corrected chi connectivity index (χ4v) is 4.05. The highest BCUT2D eigenvalue weighted by molar-refractivity contribution is 7.09. The zero-order valence-electron chi connectivity index (χ0n) is 14.5. The number of piperazine rings is 1. The summed E-state index contributed by atoms with van der Waals surface area (Å²) in [5.74, 6) is 1.55. The number of ether oxygens (including phenoxy) is 1. The molecule has 0 spiro atoms. The molecule has 2 fully saturated rings. The normalized spacial score (nSPS) is 18.4. The summed E-state index contributed by atoms with van der Waals surface area (Å²) in [6.07, 6.45) is 2.18. The Hall–Kier alpha value is -1.92. The van der Waals surface area contributed by atoms with E-state index < -0.39 is 0 Å². The third-order valence-corrected chi connectivity index (χ3v) is 5.72. The number of amides is 1. The van der Waals surface area contributed by atoms with Gasteiger partial charge in [0.1, 0.15) is 10.8 Å². The fourth-order valence-electron chi connectivity index (χ4n) is 3.20. The van der Waals surface area contributed by atoms with E-state index in [1.165, 1.54) is 0 Å². The average Bonchev–Trinajstić information content (AvgIpc) is 3.41. The lowest BCUT2D eigenvalue weighted by atomic mass is 10.2. The number of hydrogen-bond donors (Lipinski definition) is 0. The van der Waals surface area contributed by atoms with Crippen molar-refractivity contribution in [2.24, 2.45) is 5.92 Å². The third kappa shape index (κ3) is 3.85. The number of rotatable bonds is 5. The van der Waals surface area contributed by atoms with Gasteiger partial charge in [-0.25, -0.2) is 4.98 Å². The molecule has 25 heavy (non-hydrogen) atoms. The Morgan fingerprint density at radius 2 is 2.08 bits per heavy atom. The first kappa shape index (κ1) is 16.5. The largest absolute Gasteiger partial charge is 0.497 e. The van der Waals surface area contributed by atoms with Crippen molar-refractivity contribution in [1.82, 2.24) is 14.8 Å². The van der Waals surface area contributed by atoms with Crippen molar-refractivity contribution >= 4 is 17.2 Å². The predicted molar refractivity (Wildman–Crippen MR) is 98.7 cm³/mol. The lowest BCUT2D eigenvalue weighted by Crippen LogP contribution is -2.48. The fraction of sp³-hybridized carbons (Fsp3) is 0.474. The van der Waals surface area contributed by atoms with E-state index in [1.54, 1.807) is 18.4 Å². The molecule has 0 atom stereocenters. The minimum Gasteiger partial charge on any atom is -0.497 e. The first-order valence-electron chi connectivity index (χ1n) is 8.83. The van der Waals surface area contributed by atoms with Crippen LogP contribution in [0.2, 0.25) is 0 Å².